The smallest absolute Gasteiger partial charge is 0.303 e. The summed E-state index contributed by atoms with van der Waals surface area (Å²) < 4.78 is 0. The molecule has 1 atom stereocenters. The van der Waals surface area contributed by atoms with Gasteiger partial charge in [0.15, 0.2) is 0 Å². The van der Waals surface area contributed by atoms with Gasteiger partial charge in [0.05, 0.1) is 0 Å². The number of aliphatic carboxylic acids is 1. The van der Waals surface area contributed by atoms with Crippen molar-refractivity contribution in [2.24, 2.45) is 11.5 Å². The molecule has 0 saturated heterocycles. The Hall–Kier alpha value is -1.63. The first-order chi connectivity index (χ1) is 9.47. The Labute approximate surface area is 119 Å². The predicted octanol–water partition coefficient (Wildman–Crippen LogP) is 0.121. The van der Waals surface area contributed by atoms with Gasteiger partial charge in [-0.15, -0.1) is 0 Å². The van der Waals surface area contributed by atoms with Crippen molar-refractivity contribution in [1.29, 1.82) is 0 Å². The van der Waals surface area contributed by atoms with Crippen molar-refractivity contribution in [3.8, 4) is 0 Å². The molecule has 0 aromatic heterocycles. The first kappa shape index (κ1) is 18.4. The summed E-state index contributed by atoms with van der Waals surface area (Å²) in [5.41, 5.74) is 10.5. The fourth-order valence-corrected chi connectivity index (χ4v) is 1.79. The summed E-state index contributed by atoms with van der Waals surface area (Å²) in [7, 11) is 0. The van der Waals surface area contributed by atoms with Gasteiger partial charge in [-0.1, -0.05) is 12.8 Å². The maximum absolute atomic E-state index is 11.6. The number of carboxylic acids is 1. The van der Waals surface area contributed by atoms with Gasteiger partial charge in [-0.25, -0.2) is 0 Å². The Kier molecular flexibility index (Phi) is 10.3. The number of primary amides is 1. The highest BCUT2D eigenvalue weighted by molar-refractivity contribution is 5.86. The molecule has 2 amide bonds. The van der Waals surface area contributed by atoms with Crippen molar-refractivity contribution in [1.82, 2.24) is 5.32 Å². The van der Waals surface area contributed by atoms with Crippen molar-refractivity contribution in [2.45, 2.75) is 57.4 Å². The Balaban J connectivity index is 3.74. The lowest BCUT2D eigenvalue weighted by Crippen LogP contribution is -2.44. The van der Waals surface area contributed by atoms with Crippen LogP contribution in [0.5, 0.6) is 0 Å². The van der Waals surface area contributed by atoms with E-state index in [0.29, 0.717) is 38.6 Å². The van der Waals surface area contributed by atoms with Crippen LogP contribution in [0.1, 0.15) is 51.4 Å². The molecule has 0 spiro atoms. The lowest BCUT2D eigenvalue weighted by molar-refractivity contribution is -0.137. The maximum atomic E-state index is 11.6. The third-order valence-corrected chi connectivity index (χ3v) is 2.92. The van der Waals surface area contributed by atoms with Gasteiger partial charge in [0, 0.05) is 12.8 Å². The highest BCUT2D eigenvalue weighted by atomic mass is 16.4. The fraction of sp³-hybridized carbons (Fsp3) is 0.769. The molecule has 0 radical (unpaired) electrons. The molecule has 0 aromatic carbocycles. The van der Waals surface area contributed by atoms with Gasteiger partial charge < -0.3 is 21.9 Å². The van der Waals surface area contributed by atoms with Crippen molar-refractivity contribution < 1.29 is 19.5 Å². The molecule has 0 heterocycles. The van der Waals surface area contributed by atoms with Crippen LogP contribution in [0.2, 0.25) is 0 Å². The quantitative estimate of drug-likeness (QED) is 0.378. The molecule has 0 bridgehead atoms. The predicted molar refractivity (Wildman–Crippen MR) is 74.8 cm³/mol. The number of unbranched alkanes of at least 4 members (excludes halogenated alkanes) is 3. The fourth-order valence-electron chi connectivity index (χ4n) is 1.79. The molecule has 6 N–H and O–H groups in total. The molecule has 7 heteroatoms. The molecular weight excluding hydrogens is 262 g/mol. The summed E-state index contributed by atoms with van der Waals surface area (Å²) in [6.07, 6.45) is 4.44. The molecule has 1 unspecified atom stereocenters. The van der Waals surface area contributed by atoms with Crippen molar-refractivity contribution in [3.63, 3.8) is 0 Å². The molecular formula is C13H25N3O4. The molecule has 7 nitrogen and oxygen atoms in total. The van der Waals surface area contributed by atoms with Gasteiger partial charge in [-0.2, -0.15) is 0 Å². The molecule has 0 fully saturated rings. The Bertz CT molecular complexity index is 321. The van der Waals surface area contributed by atoms with E-state index in [2.05, 4.69) is 5.32 Å². The van der Waals surface area contributed by atoms with Crippen LogP contribution in [0.3, 0.4) is 0 Å². The summed E-state index contributed by atoms with van der Waals surface area (Å²) in [6.45, 7) is 0.448. The normalized spacial score (nSPS) is 11.8. The highest BCUT2D eigenvalue weighted by Gasteiger charge is 2.16. The monoisotopic (exact) mass is 287 g/mol. The third kappa shape index (κ3) is 10.3. The topological polar surface area (TPSA) is 136 Å². The first-order valence-electron chi connectivity index (χ1n) is 6.98. The number of carbonyl (C=O) groups excluding carboxylic acids is 2. The molecule has 116 valence electrons. The van der Waals surface area contributed by atoms with E-state index in [9.17, 15) is 14.4 Å². The second kappa shape index (κ2) is 11.2. The number of nitrogens with two attached hydrogens (primary N) is 2. The summed E-state index contributed by atoms with van der Waals surface area (Å²) in [4.78, 5) is 33.0. The molecule has 0 rings (SSSR count). The molecule has 0 aliphatic carbocycles. The van der Waals surface area contributed by atoms with Crippen LogP contribution in [-0.2, 0) is 14.4 Å². The van der Waals surface area contributed by atoms with E-state index in [-0.39, 0.29) is 12.3 Å². The van der Waals surface area contributed by atoms with Crippen molar-refractivity contribution in [3.05, 3.63) is 0 Å². The Morgan fingerprint density at radius 2 is 1.60 bits per heavy atom. The number of carboxylic acid groups (broad SMARTS) is 1. The SMILES string of the molecule is NCCCC(NC(=O)CCCCCCC(=O)O)C(N)=O. The maximum Gasteiger partial charge on any atom is 0.303 e. The standard InChI is InChI=1S/C13H25N3O4/c14-9-5-6-10(13(15)20)16-11(17)7-3-1-2-4-8-12(18)19/h10H,1-9,14H2,(H2,15,20)(H,16,17)(H,18,19). The van der Waals surface area contributed by atoms with E-state index in [4.69, 9.17) is 16.6 Å². The first-order valence-corrected chi connectivity index (χ1v) is 6.98. The van der Waals surface area contributed by atoms with Gasteiger partial charge in [0.2, 0.25) is 11.8 Å². The molecule has 0 aliphatic rings. The van der Waals surface area contributed by atoms with Crippen LogP contribution in [0.25, 0.3) is 0 Å². The average Bonchev–Trinajstić information content (AvgIpc) is 2.37. The third-order valence-electron chi connectivity index (χ3n) is 2.92. The van der Waals surface area contributed by atoms with Gasteiger partial charge >= 0.3 is 5.97 Å². The number of hydrogen-bond acceptors (Lipinski definition) is 4. The van der Waals surface area contributed by atoms with E-state index in [1.807, 2.05) is 0 Å². The zero-order chi connectivity index (χ0) is 15.4. The molecule has 0 aromatic rings. The van der Waals surface area contributed by atoms with Crippen LogP contribution in [0, 0.1) is 0 Å². The number of carbonyl (C=O) groups is 3. The zero-order valence-electron chi connectivity index (χ0n) is 11.8. The number of amides is 2. The van der Waals surface area contributed by atoms with Gasteiger partial charge in [0.25, 0.3) is 0 Å². The summed E-state index contributed by atoms with van der Waals surface area (Å²) >= 11 is 0. The Morgan fingerprint density at radius 3 is 2.10 bits per heavy atom. The van der Waals surface area contributed by atoms with Crippen LogP contribution in [0.4, 0.5) is 0 Å². The number of rotatable bonds is 12. The van der Waals surface area contributed by atoms with Crippen LogP contribution >= 0.6 is 0 Å². The van der Waals surface area contributed by atoms with E-state index in [1.54, 1.807) is 0 Å². The minimum Gasteiger partial charge on any atom is -0.481 e. The lowest BCUT2D eigenvalue weighted by atomic mass is 10.1. The van der Waals surface area contributed by atoms with E-state index >= 15 is 0 Å². The minimum absolute atomic E-state index is 0.162. The van der Waals surface area contributed by atoms with Crippen LogP contribution in [-0.4, -0.2) is 35.5 Å². The average molecular weight is 287 g/mol. The summed E-state index contributed by atoms with van der Waals surface area (Å²) in [5.74, 6) is -1.55. The molecule has 0 aliphatic heterocycles. The van der Waals surface area contributed by atoms with Gasteiger partial charge in [-0.3, -0.25) is 14.4 Å². The van der Waals surface area contributed by atoms with Crippen LogP contribution in [0.15, 0.2) is 0 Å². The van der Waals surface area contributed by atoms with Gasteiger partial charge in [0.1, 0.15) is 6.04 Å². The summed E-state index contributed by atoms with van der Waals surface area (Å²) in [6, 6.07) is -0.655. The highest BCUT2D eigenvalue weighted by Crippen LogP contribution is 2.06. The second-order valence-corrected chi connectivity index (χ2v) is 4.76. The van der Waals surface area contributed by atoms with E-state index < -0.39 is 17.9 Å². The largest absolute Gasteiger partial charge is 0.481 e. The van der Waals surface area contributed by atoms with E-state index in [1.165, 1.54) is 0 Å². The second-order valence-electron chi connectivity index (χ2n) is 4.76. The summed E-state index contributed by atoms with van der Waals surface area (Å²) in [5, 5.41) is 11.1. The van der Waals surface area contributed by atoms with E-state index in [0.717, 1.165) is 12.8 Å². The number of hydrogen-bond donors (Lipinski definition) is 4. The minimum atomic E-state index is -0.799. The van der Waals surface area contributed by atoms with Crippen LogP contribution < -0.4 is 16.8 Å². The molecule has 20 heavy (non-hydrogen) atoms. The Morgan fingerprint density at radius 1 is 1.00 bits per heavy atom. The molecule has 0 saturated carbocycles. The van der Waals surface area contributed by atoms with Crippen molar-refractivity contribution >= 4 is 17.8 Å². The zero-order valence-corrected chi connectivity index (χ0v) is 11.8. The van der Waals surface area contributed by atoms with Gasteiger partial charge in [-0.05, 0) is 32.2 Å². The van der Waals surface area contributed by atoms with Crippen molar-refractivity contribution in [2.75, 3.05) is 6.54 Å². The number of nitrogens with one attached hydrogen (secondary N) is 1. The lowest BCUT2D eigenvalue weighted by Gasteiger charge is -2.14.